The fourth-order valence-corrected chi connectivity index (χ4v) is 3.71. The fraction of sp³-hybridized carbons (Fsp3) is 0.800. The van der Waals surface area contributed by atoms with Crippen LogP contribution in [0.2, 0.25) is 0 Å². The standard InChI is InChI=1S/C15H27N3/c1-14(2,3)13-7-5-6-8-15(13,16)9-12-10-17-18(4)11-12/h10-11,13H,5-9,16H2,1-4H3. The Hall–Kier alpha value is -0.830. The summed E-state index contributed by atoms with van der Waals surface area (Å²) in [5, 5.41) is 4.26. The van der Waals surface area contributed by atoms with Gasteiger partial charge in [-0.1, -0.05) is 33.6 Å². The molecule has 1 aliphatic carbocycles. The van der Waals surface area contributed by atoms with Gasteiger partial charge in [-0.3, -0.25) is 4.68 Å². The van der Waals surface area contributed by atoms with Crippen LogP contribution in [0.1, 0.15) is 52.0 Å². The zero-order valence-electron chi connectivity index (χ0n) is 12.2. The van der Waals surface area contributed by atoms with Crippen LogP contribution in [0.15, 0.2) is 12.4 Å². The maximum atomic E-state index is 6.79. The minimum atomic E-state index is -0.0560. The fourth-order valence-electron chi connectivity index (χ4n) is 3.71. The van der Waals surface area contributed by atoms with E-state index in [1.54, 1.807) is 0 Å². The molecule has 2 rings (SSSR count). The highest BCUT2D eigenvalue weighted by Crippen LogP contribution is 2.44. The van der Waals surface area contributed by atoms with Gasteiger partial charge in [-0.2, -0.15) is 5.10 Å². The van der Waals surface area contributed by atoms with E-state index in [1.165, 1.54) is 24.8 Å². The summed E-state index contributed by atoms with van der Waals surface area (Å²) in [7, 11) is 1.97. The molecule has 1 aromatic rings. The van der Waals surface area contributed by atoms with Crippen molar-refractivity contribution in [3.8, 4) is 0 Å². The number of aromatic nitrogens is 2. The second-order valence-corrected chi connectivity index (χ2v) is 7.10. The Morgan fingerprint density at radius 1 is 1.44 bits per heavy atom. The van der Waals surface area contributed by atoms with E-state index in [0.29, 0.717) is 5.92 Å². The maximum Gasteiger partial charge on any atom is 0.0522 e. The highest BCUT2D eigenvalue weighted by Gasteiger charge is 2.43. The monoisotopic (exact) mass is 249 g/mol. The SMILES string of the molecule is Cn1cc(CC2(N)CCCCC2C(C)(C)C)cn1. The van der Waals surface area contributed by atoms with E-state index < -0.39 is 0 Å². The third-order valence-electron chi connectivity index (χ3n) is 4.42. The summed E-state index contributed by atoms with van der Waals surface area (Å²) >= 11 is 0. The van der Waals surface area contributed by atoms with Crippen LogP contribution < -0.4 is 5.73 Å². The van der Waals surface area contributed by atoms with Gasteiger partial charge in [-0.05, 0) is 36.2 Å². The van der Waals surface area contributed by atoms with Gasteiger partial charge in [0.2, 0.25) is 0 Å². The smallest absolute Gasteiger partial charge is 0.0522 e. The average Bonchev–Trinajstić information content (AvgIpc) is 2.62. The molecule has 0 amide bonds. The predicted octanol–water partition coefficient (Wildman–Crippen LogP) is 2.90. The van der Waals surface area contributed by atoms with Gasteiger partial charge in [0.1, 0.15) is 0 Å². The first-order valence-corrected chi connectivity index (χ1v) is 7.08. The summed E-state index contributed by atoms with van der Waals surface area (Å²) in [6.07, 6.45) is 10.0. The van der Waals surface area contributed by atoms with Crippen molar-refractivity contribution in [1.29, 1.82) is 0 Å². The first kappa shape index (κ1) is 13.6. The average molecular weight is 249 g/mol. The van der Waals surface area contributed by atoms with Crippen molar-refractivity contribution < 1.29 is 0 Å². The van der Waals surface area contributed by atoms with E-state index in [0.717, 1.165) is 12.8 Å². The molecule has 1 heterocycles. The summed E-state index contributed by atoms with van der Waals surface area (Å²) in [6, 6.07) is 0. The predicted molar refractivity (Wildman–Crippen MR) is 75.2 cm³/mol. The third kappa shape index (κ3) is 2.77. The molecule has 1 aromatic heterocycles. The zero-order valence-corrected chi connectivity index (χ0v) is 12.2. The minimum Gasteiger partial charge on any atom is -0.325 e. The molecule has 0 aliphatic heterocycles. The van der Waals surface area contributed by atoms with Crippen molar-refractivity contribution in [3.05, 3.63) is 18.0 Å². The normalized spacial score (nSPS) is 29.5. The molecular formula is C15H27N3. The molecule has 102 valence electrons. The molecule has 1 aliphatic rings. The topological polar surface area (TPSA) is 43.8 Å². The number of hydrogen-bond acceptors (Lipinski definition) is 2. The van der Waals surface area contributed by atoms with Gasteiger partial charge in [-0.15, -0.1) is 0 Å². The Bertz CT molecular complexity index is 402. The van der Waals surface area contributed by atoms with Crippen LogP contribution in [0, 0.1) is 11.3 Å². The number of hydrogen-bond donors (Lipinski definition) is 1. The summed E-state index contributed by atoms with van der Waals surface area (Å²) in [6.45, 7) is 6.98. The molecule has 0 saturated heterocycles. The van der Waals surface area contributed by atoms with Gasteiger partial charge in [0, 0.05) is 18.8 Å². The van der Waals surface area contributed by atoms with Crippen LogP contribution in [0.3, 0.4) is 0 Å². The lowest BCUT2D eigenvalue weighted by Gasteiger charge is -2.48. The highest BCUT2D eigenvalue weighted by molar-refractivity contribution is 5.13. The molecule has 1 saturated carbocycles. The maximum absolute atomic E-state index is 6.79. The number of aryl methyl sites for hydroxylation is 1. The largest absolute Gasteiger partial charge is 0.325 e. The number of rotatable bonds is 2. The molecule has 2 N–H and O–H groups in total. The van der Waals surface area contributed by atoms with Crippen molar-refractivity contribution in [1.82, 2.24) is 9.78 Å². The van der Waals surface area contributed by atoms with E-state index in [9.17, 15) is 0 Å². The van der Waals surface area contributed by atoms with Crippen LogP contribution >= 0.6 is 0 Å². The molecule has 2 unspecified atom stereocenters. The van der Waals surface area contributed by atoms with Gasteiger partial charge in [0.15, 0.2) is 0 Å². The van der Waals surface area contributed by atoms with Crippen molar-refractivity contribution in [2.24, 2.45) is 24.1 Å². The molecule has 18 heavy (non-hydrogen) atoms. The quantitative estimate of drug-likeness (QED) is 0.876. The van der Waals surface area contributed by atoms with Crippen molar-refractivity contribution in [3.63, 3.8) is 0 Å². The molecule has 0 radical (unpaired) electrons. The van der Waals surface area contributed by atoms with Crippen molar-refractivity contribution in [2.75, 3.05) is 0 Å². The van der Waals surface area contributed by atoms with E-state index in [1.807, 2.05) is 17.9 Å². The first-order chi connectivity index (χ1) is 8.31. The van der Waals surface area contributed by atoms with Gasteiger partial charge in [0.25, 0.3) is 0 Å². The Morgan fingerprint density at radius 2 is 2.17 bits per heavy atom. The second kappa shape index (κ2) is 4.69. The number of nitrogens with two attached hydrogens (primary N) is 1. The Labute approximate surface area is 111 Å². The summed E-state index contributed by atoms with van der Waals surface area (Å²) in [4.78, 5) is 0. The van der Waals surface area contributed by atoms with Gasteiger partial charge >= 0.3 is 0 Å². The van der Waals surface area contributed by atoms with Crippen molar-refractivity contribution in [2.45, 2.75) is 58.4 Å². The second-order valence-electron chi connectivity index (χ2n) is 7.10. The van der Waals surface area contributed by atoms with Crippen LogP contribution in [0.4, 0.5) is 0 Å². The highest BCUT2D eigenvalue weighted by atomic mass is 15.2. The summed E-state index contributed by atoms with van der Waals surface area (Å²) in [5.41, 5.74) is 8.30. The molecule has 0 aromatic carbocycles. The summed E-state index contributed by atoms with van der Waals surface area (Å²) < 4.78 is 1.87. The molecular weight excluding hydrogens is 222 g/mol. The van der Waals surface area contributed by atoms with Crippen LogP contribution in [0.5, 0.6) is 0 Å². The summed E-state index contributed by atoms with van der Waals surface area (Å²) in [5.74, 6) is 0.596. The van der Waals surface area contributed by atoms with E-state index in [4.69, 9.17) is 5.73 Å². The van der Waals surface area contributed by atoms with Gasteiger partial charge in [-0.25, -0.2) is 0 Å². The Balaban J connectivity index is 2.20. The molecule has 1 fully saturated rings. The first-order valence-electron chi connectivity index (χ1n) is 7.08. The molecule has 0 bridgehead atoms. The van der Waals surface area contributed by atoms with E-state index in [2.05, 4.69) is 32.1 Å². The minimum absolute atomic E-state index is 0.0560. The molecule has 0 spiro atoms. The van der Waals surface area contributed by atoms with Gasteiger partial charge in [0.05, 0.1) is 6.20 Å². The van der Waals surface area contributed by atoms with Crippen LogP contribution in [-0.4, -0.2) is 15.3 Å². The lowest BCUT2D eigenvalue weighted by Crippen LogP contribution is -2.55. The Morgan fingerprint density at radius 3 is 2.72 bits per heavy atom. The van der Waals surface area contributed by atoms with E-state index in [-0.39, 0.29) is 11.0 Å². The van der Waals surface area contributed by atoms with Crippen LogP contribution in [0.25, 0.3) is 0 Å². The molecule has 3 heteroatoms. The lowest BCUT2D eigenvalue weighted by atomic mass is 9.61. The number of nitrogens with zero attached hydrogens (tertiary/aromatic N) is 2. The third-order valence-corrected chi connectivity index (χ3v) is 4.42. The Kier molecular flexibility index (Phi) is 3.54. The van der Waals surface area contributed by atoms with Crippen LogP contribution in [-0.2, 0) is 13.5 Å². The van der Waals surface area contributed by atoms with Gasteiger partial charge < -0.3 is 5.73 Å². The van der Waals surface area contributed by atoms with Crippen molar-refractivity contribution >= 4 is 0 Å². The molecule has 2 atom stereocenters. The zero-order chi connectivity index (χ0) is 13.4. The van der Waals surface area contributed by atoms with E-state index >= 15 is 0 Å². The lowest BCUT2D eigenvalue weighted by molar-refractivity contribution is 0.0793. The molecule has 3 nitrogen and oxygen atoms in total.